The number of ether oxygens (including phenoxy) is 1. The number of aromatic nitrogens is 1. The van der Waals surface area contributed by atoms with E-state index in [1.165, 1.54) is 17.6 Å². The first kappa shape index (κ1) is 23.6. The molecule has 0 atom stereocenters. The monoisotopic (exact) mass is 521 g/mol. The van der Waals surface area contributed by atoms with Gasteiger partial charge in [0.15, 0.2) is 6.29 Å². The van der Waals surface area contributed by atoms with Crippen LogP contribution in [0.5, 0.6) is 5.75 Å². The molecule has 0 saturated heterocycles. The Morgan fingerprint density at radius 1 is 1.08 bits per heavy atom. The number of nitrogens with zero attached hydrogens (tertiary/aromatic N) is 1. The first-order valence-corrected chi connectivity index (χ1v) is 12.7. The number of methoxy groups -OCH3 is 1. The van der Waals surface area contributed by atoms with Gasteiger partial charge in [0.25, 0.3) is 5.91 Å². The summed E-state index contributed by atoms with van der Waals surface area (Å²) in [6, 6.07) is 20.7. The summed E-state index contributed by atoms with van der Waals surface area (Å²) in [5.74, 6) is 0.814. The molecule has 38 heavy (non-hydrogen) atoms. The van der Waals surface area contributed by atoms with Crippen molar-refractivity contribution in [3.05, 3.63) is 89.6 Å². The van der Waals surface area contributed by atoms with E-state index in [0.29, 0.717) is 34.1 Å². The normalized spacial score (nSPS) is 11.2. The van der Waals surface area contributed by atoms with Crippen LogP contribution in [0.15, 0.2) is 82.8 Å². The van der Waals surface area contributed by atoms with E-state index in [2.05, 4.69) is 5.32 Å². The van der Waals surface area contributed by atoms with Crippen molar-refractivity contribution in [1.29, 1.82) is 0 Å². The number of benzene rings is 3. The largest absolute Gasteiger partial charge is 0.495 e. The summed E-state index contributed by atoms with van der Waals surface area (Å²) < 4.78 is 14.1. The molecule has 0 aliphatic rings. The number of rotatable bonds is 6. The maximum Gasteiger partial charge on any atom is 0.272 e. The zero-order valence-corrected chi connectivity index (χ0v) is 21.5. The second kappa shape index (κ2) is 9.24. The molecule has 8 heteroatoms. The minimum Gasteiger partial charge on any atom is -0.495 e. The summed E-state index contributed by atoms with van der Waals surface area (Å²) in [6.45, 7) is 0. The van der Waals surface area contributed by atoms with Crippen molar-refractivity contribution in [2.45, 2.75) is 0 Å². The van der Waals surface area contributed by atoms with Crippen LogP contribution in [0, 0.1) is 0 Å². The van der Waals surface area contributed by atoms with Crippen molar-refractivity contribution in [3.8, 4) is 28.2 Å². The molecular weight excluding hydrogens is 498 g/mol. The second-order valence-electron chi connectivity index (χ2n) is 8.90. The highest BCUT2D eigenvalue weighted by molar-refractivity contribution is 7.18. The van der Waals surface area contributed by atoms with E-state index < -0.39 is 0 Å². The predicted octanol–water partition coefficient (Wildman–Crippen LogP) is 6.98. The summed E-state index contributed by atoms with van der Waals surface area (Å²) in [7, 11) is 3.44. The molecule has 0 fully saturated rings. The van der Waals surface area contributed by atoms with E-state index in [4.69, 9.17) is 14.9 Å². The van der Waals surface area contributed by atoms with Crippen molar-refractivity contribution in [1.82, 2.24) is 4.57 Å². The molecule has 0 aliphatic heterocycles. The number of nitrogen functional groups attached to an aromatic ring is 1. The molecule has 3 heterocycles. The number of aldehydes is 1. The molecule has 0 spiro atoms. The average molecular weight is 522 g/mol. The number of fused-ring (bicyclic) bond motifs is 2. The third-order valence-electron chi connectivity index (χ3n) is 6.77. The Labute approximate surface area is 222 Å². The van der Waals surface area contributed by atoms with Crippen LogP contribution in [-0.2, 0) is 7.05 Å². The Hall–Kier alpha value is -4.82. The number of furan rings is 1. The lowest BCUT2D eigenvalue weighted by Crippen LogP contribution is -2.16. The summed E-state index contributed by atoms with van der Waals surface area (Å²) in [5.41, 5.74) is 12.2. The molecule has 3 aromatic carbocycles. The van der Waals surface area contributed by atoms with Crippen LogP contribution >= 0.6 is 11.3 Å². The number of hydrogen-bond acceptors (Lipinski definition) is 6. The fraction of sp³-hybridized carbons (Fsp3) is 0.0667. The lowest BCUT2D eigenvalue weighted by Gasteiger charge is -2.13. The van der Waals surface area contributed by atoms with E-state index in [1.54, 1.807) is 13.2 Å². The van der Waals surface area contributed by atoms with Crippen molar-refractivity contribution in [3.63, 3.8) is 0 Å². The number of thiophene rings is 1. The van der Waals surface area contributed by atoms with Gasteiger partial charge >= 0.3 is 0 Å². The maximum absolute atomic E-state index is 13.2. The summed E-state index contributed by atoms with van der Waals surface area (Å²) >= 11 is 1.53. The number of nitrogens with one attached hydrogen (secondary N) is 1. The molecule has 0 bridgehead atoms. The van der Waals surface area contributed by atoms with Gasteiger partial charge in [-0.25, -0.2) is 0 Å². The van der Waals surface area contributed by atoms with Crippen LogP contribution in [0.1, 0.15) is 20.8 Å². The first-order valence-electron chi connectivity index (χ1n) is 11.9. The molecule has 6 rings (SSSR count). The Kier molecular flexibility index (Phi) is 5.73. The third kappa shape index (κ3) is 3.74. The van der Waals surface area contributed by atoms with Crippen LogP contribution in [0.4, 0.5) is 11.4 Å². The van der Waals surface area contributed by atoms with Gasteiger partial charge in [-0.1, -0.05) is 24.3 Å². The fourth-order valence-corrected chi connectivity index (χ4v) is 5.98. The molecule has 1 amide bonds. The standard InChI is InChI=1S/C30H23N3O4S/c1-33-24-6-4-3-5-18(24)13-25(33)30(35)32-23-10-7-17(14-26(23)36-2)21-16-38-29-20(8-9-22(31)27(21)29)28-19(15-34)11-12-37-28/h3-16H,31H2,1-2H3,(H,32,35). The summed E-state index contributed by atoms with van der Waals surface area (Å²) in [4.78, 5) is 24.7. The van der Waals surface area contributed by atoms with Crippen molar-refractivity contribution in [2.24, 2.45) is 7.05 Å². The van der Waals surface area contributed by atoms with Gasteiger partial charge < -0.3 is 24.8 Å². The van der Waals surface area contributed by atoms with Gasteiger partial charge in [0.2, 0.25) is 0 Å². The second-order valence-corrected chi connectivity index (χ2v) is 9.78. The number of hydrogen-bond donors (Lipinski definition) is 2. The highest BCUT2D eigenvalue weighted by Gasteiger charge is 2.20. The van der Waals surface area contributed by atoms with E-state index in [0.717, 1.165) is 44.0 Å². The van der Waals surface area contributed by atoms with Crippen LogP contribution in [0.3, 0.4) is 0 Å². The number of amides is 1. The van der Waals surface area contributed by atoms with Crippen LogP contribution in [0.25, 0.3) is 43.4 Å². The molecule has 0 saturated carbocycles. The van der Waals surface area contributed by atoms with Gasteiger partial charge in [-0.3, -0.25) is 9.59 Å². The highest BCUT2D eigenvalue weighted by Crippen LogP contribution is 2.44. The molecule has 0 aliphatic carbocycles. The lowest BCUT2D eigenvalue weighted by atomic mass is 9.99. The van der Waals surface area contributed by atoms with Gasteiger partial charge in [0, 0.05) is 44.9 Å². The molecule has 0 unspecified atom stereocenters. The Morgan fingerprint density at radius 2 is 1.92 bits per heavy atom. The fourth-order valence-electron chi connectivity index (χ4n) is 4.85. The zero-order chi connectivity index (χ0) is 26.4. The quantitative estimate of drug-likeness (QED) is 0.182. The zero-order valence-electron chi connectivity index (χ0n) is 20.6. The topological polar surface area (TPSA) is 99.5 Å². The predicted molar refractivity (Wildman–Crippen MR) is 152 cm³/mol. The van der Waals surface area contributed by atoms with Crippen molar-refractivity contribution >= 4 is 55.9 Å². The molecule has 3 aromatic heterocycles. The molecule has 6 aromatic rings. The first-order chi connectivity index (χ1) is 18.5. The Bertz CT molecular complexity index is 1860. The average Bonchev–Trinajstić information content (AvgIpc) is 3.67. The van der Waals surface area contributed by atoms with E-state index >= 15 is 0 Å². The highest BCUT2D eigenvalue weighted by atomic mass is 32.1. The maximum atomic E-state index is 13.2. The number of carbonyl (C=O) groups excluding carboxylic acids is 2. The summed E-state index contributed by atoms with van der Waals surface area (Å²) in [6.07, 6.45) is 2.29. The number of para-hydroxylation sites is 1. The van der Waals surface area contributed by atoms with Crippen molar-refractivity contribution < 1.29 is 18.7 Å². The number of anilines is 2. The van der Waals surface area contributed by atoms with Gasteiger partial charge in [0.1, 0.15) is 17.2 Å². The van der Waals surface area contributed by atoms with E-state index in [9.17, 15) is 9.59 Å². The van der Waals surface area contributed by atoms with Crippen LogP contribution in [-0.4, -0.2) is 23.9 Å². The molecular formula is C30H23N3O4S. The van der Waals surface area contributed by atoms with Crippen LogP contribution in [0.2, 0.25) is 0 Å². The lowest BCUT2D eigenvalue weighted by molar-refractivity contribution is 0.101. The molecule has 7 nitrogen and oxygen atoms in total. The van der Waals surface area contributed by atoms with E-state index in [-0.39, 0.29) is 5.91 Å². The molecule has 3 N–H and O–H groups in total. The minimum absolute atomic E-state index is 0.228. The smallest absolute Gasteiger partial charge is 0.272 e. The number of aryl methyl sites for hydroxylation is 1. The van der Waals surface area contributed by atoms with Gasteiger partial charge in [0.05, 0.1) is 24.6 Å². The molecule has 0 radical (unpaired) electrons. The van der Waals surface area contributed by atoms with Gasteiger partial charge in [-0.2, -0.15) is 0 Å². The Morgan fingerprint density at radius 3 is 2.71 bits per heavy atom. The third-order valence-corrected chi connectivity index (χ3v) is 7.78. The Balaban J connectivity index is 1.38. The minimum atomic E-state index is -0.228. The SMILES string of the molecule is COc1cc(-c2csc3c(-c4occc4C=O)ccc(N)c23)ccc1NC(=O)c1cc2ccccc2n1C. The number of nitrogens with two attached hydrogens (primary N) is 1. The van der Waals surface area contributed by atoms with E-state index in [1.807, 2.05) is 77.7 Å². The van der Waals surface area contributed by atoms with Gasteiger partial charge in [-0.15, -0.1) is 11.3 Å². The van der Waals surface area contributed by atoms with Crippen LogP contribution < -0.4 is 15.8 Å². The summed E-state index contributed by atoms with van der Waals surface area (Å²) in [5, 5.41) is 6.88. The van der Waals surface area contributed by atoms with Gasteiger partial charge in [-0.05, 0) is 53.4 Å². The number of carbonyl (C=O) groups is 2. The van der Waals surface area contributed by atoms with Crippen molar-refractivity contribution in [2.75, 3.05) is 18.2 Å². The molecule has 188 valence electrons.